The molecule has 0 saturated carbocycles. The van der Waals surface area contributed by atoms with Crippen LogP contribution in [0.4, 0.5) is 13.2 Å². The van der Waals surface area contributed by atoms with Gasteiger partial charge in [0.1, 0.15) is 0 Å². The van der Waals surface area contributed by atoms with Gasteiger partial charge in [0.2, 0.25) is 5.60 Å². The van der Waals surface area contributed by atoms with Crippen LogP contribution in [0, 0.1) is 0 Å². The summed E-state index contributed by atoms with van der Waals surface area (Å²) in [6.45, 7) is -0.595. The number of rotatable bonds is 3. The Balaban J connectivity index is 2.62. The van der Waals surface area contributed by atoms with E-state index in [-0.39, 0.29) is 0 Å². The zero-order chi connectivity index (χ0) is 14.5. The summed E-state index contributed by atoms with van der Waals surface area (Å²) >= 11 is 0. The van der Waals surface area contributed by atoms with Gasteiger partial charge >= 0.3 is 12.1 Å². The Hall–Kier alpha value is -1.61. The second-order valence-electron chi connectivity index (χ2n) is 4.18. The van der Waals surface area contributed by atoms with Gasteiger partial charge in [-0.1, -0.05) is 0 Å². The zero-order valence-electron chi connectivity index (χ0n) is 10.1. The number of imidazole rings is 1. The highest BCUT2D eigenvalue weighted by molar-refractivity contribution is 5.84. The van der Waals surface area contributed by atoms with Crippen molar-refractivity contribution in [2.75, 3.05) is 13.7 Å². The molecule has 0 amide bonds. The Kier molecular flexibility index (Phi) is 2.86. The van der Waals surface area contributed by atoms with Crippen molar-refractivity contribution < 1.29 is 32.5 Å². The first-order valence-electron chi connectivity index (χ1n) is 5.20. The van der Waals surface area contributed by atoms with E-state index in [0.29, 0.717) is 0 Å². The molecule has 1 aliphatic rings. The number of ether oxygens (including phenoxy) is 2. The lowest BCUT2D eigenvalue weighted by molar-refractivity contribution is -0.292. The lowest BCUT2D eigenvalue weighted by atomic mass is 9.85. The Labute approximate surface area is 105 Å². The average Bonchev–Trinajstić information content (AvgIpc) is 3.03. The Morgan fingerprint density at radius 2 is 2.21 bits per heavy atom. The van der Waals surface area contributed by atoms with Crippen LogP contribution in [0.2, 0.25) is 0 Å². The third-order valence-electron chi connectivity index (χ3n) is 3.09. The van der Waals surface area contributed by atoms with Crippen LogP contribution >= 0.6 is 0 Å². The fourth-order valence-corrected chi connectivity index (χ4v) is 1.96. The van der Waals surface area contributed by atoms with E-state index >= 15 is 0 Å². The molecule has 106 valence electrons. The molecule has 0 bridgehead atoms. The number of carbonyl (C=O) groups excluding carboxylic acids is 1. The van der Waals surface area contributed by atoms with Crippen LogP contribution in [0.3, 0.4) is 0 Å². The maximum Gasteiger partial charge on any atom is 0.428 e. The second kappa shape index (κ2) is 3.94. The number of aromatic nitrogens is 2. The standard InChI is InChI=1S/C10H11F3N2O4/c1-15-4-3-14-6(15)9(17,10(11,12)13)8(5-19-8)7(16)18-2/h3-4,17H,5H2,1-2H3/t8-,9-/m1/s1. The van der Waals surface area contributed by atoms with Crippen LogP contribution in [0.5, 0.6) is 0 Å². The maximum absolute atomic E-state index is 13.3. The number of hydrogen-bond donors (Lipinski definition) is 1. The minimum Gasteiger partial charge on any atom is -0.467 e. The van der Waals surface area contributed by atoms with Crippen molar-refractivity contribution >= 4 is 5.97 Å². The van der Waals surface area contributed by atoms with E-state index in [4.69, 9.17) is 0 Å². The van der Waals surface area contributed by atoms with Crippen molar-refractivity contribution in [2.45, 2.75) is 17.4 Å². The van der Waals surface area contributed by atoms with E-state index < -0.39 is 35.8 Å². The number of aryl methyl sites for hydroxylation is 1. The number of alkyl halides is 3. The number of epoxide rings is 1. The van der Waals surface area contributed by atoms with Gasteiger partial charge in [0.25, 0.3) is 5.60 Å². The van der Waals surface area contributed by atoms with E-state index in [1.807, 2.05) is 0 Å². The minimum atomic E-state index is -5.16. The summed E-state index contributed by atoms with van der Waals surface area (Å²) in [5, 5.41) is 10.1. The molecular weight excluding hydrogens is 269 g/mol. The maximum atomic E-state index is 13.3. The number of methoxy groups -OCH3 is 1. The van der Waals surface area contributed by atoms with Gasteiger partial charge in [0, 0.05) is 19.4 Å². The van der Waals surface area contributed by atoms with Crippen LogP contribution < -0.4 is 0 Å². The van der Waals surface area contributed by atoms with Gasteiger partial charge in [-0.3, -0.25) is 0 Å². The molecule has 1 aromatic heterocycles. The van der Waals surface area contributed by atoms with Crippen molar-refractivity contribution in [1.82, 2.24) is 9.55 Å². The Bertz CT molecular complexity index is 509. The molecule has 0 spiro atoms. The van der Waals surface area contributed by atoms with Crippen LogP contribution in [-0.2, 0) is 26.9 Å². The van der Waals surface area contributed by atoms with Gasteiger partial charge < -0.3 is 19.1 Å². The molecule has 0 radical (unpaired) electrons. The van der Waals surface area contributed by atoms with Gasteiger partial charge in [-0.05, 0) is 0 Å². The fraction of sp³-hybridized carbons (Fsp3) is 0.600. The molecule has 1 saturated heterocycles. The molecule has 1 aromatic rings. The summed E-state index contributed by atoms with van der Waals surface area (Å²) in [7, 11) is 2.19. The minimum absolute atomic E-state index is 0.595. The van der Waals surface area contributed by atoms with Gasteiger partial charge in [-0.25, -0.2) is 9.78 Å². The van der Waals surface area contributed by atoms with Crippen LogP contribution in [0.15, 0.2) is 12.4 Å². The number of hydrogen-bond acceptors (Lipinski definition) is 5. The van der Waals surface area contributed by atoms with Crippen LogP contribution in [0.1, 0.15) is 5.82 Å². The number of nitrogens with zero attached hydrogens (tertiary/aromatic N) is 2. The molecule has 2 heterocycles. The Morgan fingerprint density at radius 3 is 2.53 bits per heavy atom. The van der Waals surface area contributed by atoms with Crippen molar-refractivity contribution in [2.24, 2.45) is 7.05 Å². The van der Waals surface area contributed by atoms with Crippen molar-refractivity contribution in [3.8, 4) is 0 Å². The molecule has 1 fully saturated rings. The third kappa shape index (κ3) is 1.65. The number of halogens is 3. The first kappa shape index (κ1) is 13.8. The van der Waals surface area contributed by atoms with Gasteiger partial charge in [-0.2, -0.15) is 13.2 Å². The van der Waals surface area contributed by atoms with Crippen molar-refractivity contribution in [3.05, 3.63) is 18.2 Å². The lowest BCUT2D eigenvalue weighted by Gasteiger charge is -2.33. The van der Waals surface area contributed by atoms with Crippen molar-refractivity contribution in [3.63, 3.8) is 0 Å². The van der Waals surface area contributed by atoms with E-state index in [0.717, 1.165) is 17.9 Å². The predicted octanol–water partition coefficient (Wildman–Crippen LogP) is 0.112. The second-order valence-corrected chi connectivity index (χ2v) is 4.18. The van der Waals surface area contributed by atoms with E-state index in [1.54, 1.807) is 0 Å². The average molecular weight is 280 g/mol. The number of carbonyl (C=O) groups is 1. The highest BCUT2D eigenvalue weighted by Gasteiger charge is 2.80. The van der Waals surface area contributed by atoms with Gasteiger partial charge in [-0.15, -0.1) is 0 Å². The quantitative estimate of drug-likeness (QED) is 0.628. The highest BCUT2D eigenvalue weighted by Crippen LogP contribution is 2.53. The molecule has 6 nitrogen and oxygen atoms in total. The zero-order valence-corrected chi connectivity index (χ0v) is 10.1. The summed E-state index contributed by atoms with van der Waals surface area (Å²) < 4.78 is 49.8. The molecule has 9 heteroatoms. The third-order valence-corrected chi connectivity index (χ3v) is 3.09. The monoisotopic (exact) mass is 280 g/mol. The smallest absolute Gasteiger partial charge is 0.428 e. The summed E-state index contributed by atoms with van der Waals surface area (Å²) in [4.78, 5) is 15.0. The van der Waals surface area contributed by atoms with E-state index in [9.17, 15) is 23.1 Å². The van der Waals surface area contributed by atoms with Gasteiger partial charge in [0.05, 0.1) is 13.7 Å². The molecule has 19 heavy (non-hydrogen) atoms. The normalized spacial score (nSPS) is 25.8. The summed E-state index contributed by atoms with van der Waals surface area (Å²) in [6.07, 6.45) is -2.85. The van der Waals surface area contributed by atoms with Crippen LogP contribution in [-0.4, -0.2) is 46.1 Å². The molecule has 0 aromatic carbocycles. The van der Waals surface area contributed by atoms with Gasteiger partial charge in [0.15, 0.2) is 5.82 Å². The van der Waals surface area contributed by atoms with Crippen LogP contribution in [0.25, 0.3) is 0 Å². The fourth-order valence-electron chi connectivity index (χ4n) is 1.96. The molecule has 0 aliphatic carbocycles. The molecule has 1 N–H and O–H groups in total. The predicted molar refractivity (Wildman–Crippen MR) is 53.9 cm³/mol. The molecule has 2 rings (SSSR count). The SMILES string of the molecule is COC(=O)[C@@]1([C@](O)(c2nccn2C)C(F)(F)F)CO1. The topological polar surface area (TPSA) is 76.9 Å². The summed E-state index contributed by atoms with van der Waals surface area (Å²) in [5.41, 5.74) is -6.07. The summed E-state index contributed by atoms with van der Waals surface area (Å²) in [6, 6.07) is 0. The van der Waals surface area contributed by atoms with Crippen molar-refractivity contribution in [1.29, 1.82) is 0 Å². The number of aliphatic hydroxyl groups is 1. The lowest BCUT2D eigenvalue weighted by Crippen LogP contribution is -2.59. The van der Waals surface area contributed by atoms with E-state index in [2.05, 4.69) is 14.5 Å². The molecule has 1 aliphatic heterocycles. The van der Waals surface area contributed by atoms with E-state index in [1.165, 1.54) is 13.2 Å². The summed E-state index contributed by atoms with van der Waals surface area (Å²) in [5.74, 6) is -2.03. The Morgan fingerprint density at radius 1 is 1.63 bits per heavy atom. The molecule has 2 atom stereocenters. The number of esters is 1. The molecule has 0 unspecified atom stereocenters. The first-order valence-corrected chi connectivity index (χ1v) is 5.20. The largest absolute Gasteiger partial charge is 0.467 e. The first-order chi connectivity index (χ1) is 8.70. The highest BCUT2D eigenvalue weighted by atomic mass is 19.4. The molecular formula is C10H11F3N2O4.